The fraction of sp³-hybridized carbons (Fsp3) is 0.526. The molecule has 1 atom stereocenters. The quantitative estimate of drug-likeness (QED) is 0.647. The summed E-state index contributed by atoms with van der Waals surface area (Å²) in [6.45, 7) is 1.61. The van der Waals surface area contributed by atoms with E-state index in [4.69, 9.17) is 23.2 Å². The molecule has 1 aliphatic rings. The number of carbonyl (C=O) groups is 3. The van der Waals surface area contributed by atoms with Crippen LogP contribution in [0.3, 0.4) is 0 Å². The lowest BCUT2D eigenvalue weighted by Gasteiger charge is -2.25. The molecule has 4 amide bonds. The van der Waals surface area contributed by atoms with Gasteiger partial charge in [0.05, 0.1) is 22.6 Å². The molecule has 1 aliphatic carbocycles. The highest BCUT2D eigenvalue weighted by Crippen LogP contribution is 2.25. The highest BCUT2D eigenvalue weighted by molar-refractivity contribution is 6.42. The molecule has 1 saturated carbocycles. The van der Waals surface area contributed by atoms with E-state index < -0.39 is 18.0 Å². The fourth-order valence-corrected chi connectivity index (χ4v) is 3.32. The molecule has 0 aliphatic heterocycles. The third-order valence-electron chi connectivity index (χ3n) is 4.81. The summed E-state index contributed by atoms with van der Waals surface area (Å²) in [5, 5.41) is 8.61. The number of benzene rings is 1. The molecule has 0 heterocycles. The Morgan fingerprint density at radius 2 is 1.82 bits per heavy atom. The zero-order valence-corrected chi connectivity index (χ0v) is 17.6. The summed E-state index contributed by atoms with van der Waals surface area (Å²) in [6.07, 6.45) is 5.24. The molecule has 154 valence electrons. The molecule has 0 spiro atoms. The molecule has 0 bridgehead atoms. The van der Waals surface area contributed by atoms with E-state index in [1.54, 1.807) is 37.1 Å². The lowest BCUT2D eigenvalue weighted by atomic mass is 9.96. The van der Waals surface area contributed by atoms with E-state index in [9.17, 15) is 14.4 Å². The lowest BCUT2D eigenvalue weighted by Crippen LogP contribution is -2.51. The molecular weight excluding hydrogens is 403 g/mol. The van der Waals surface area contributed by atoms with E-state index in [1.165, 1.54) is 6.42 Å². The summed E-state index contributed by atoms with van der Waals surface area (Å²) < 4.78 is 0. The minimum atomic E-state index is -0.656. The second-order valence-corrected chi connectivity index (χ2v) is 7.88. The average molecular weight is 429 g/mol. The number of likely N-dealkylation sites (N-methyl/N-ethyl adjacent to an activating group) is 1. The van der Waals surface area contributed by atoms with Crippen molar-refractivity contribution in [2.45, 2.75) is 51.1 Å². The summed E-state index contributed by atoms with van der Waals surface area (Å²) in [6, 6.07) is 3.75. The topological polar surface area (TPSA) is 90.5 Å². The second kappa shape index (κ2) is 10.6. The van der Waals surface area contributed by atoms with Gasteiger partial charge in [-0.3, -0.25) is 19.8 Å². The van der Waals surface area contributed by atoms with Crippen molar-refractivity contribution in [3.05, 3.63) is 28.2 Å². The number of urea groups is 1. The largest absolute Gasteiger partial charge is 0.335 e. The molecule has 1 fully saturated rings. The molecule has 0 radical (unpaired) electrons. The summed E-state index contributed by atoms with van der Waals surface area (Å²) in [5.41, 5.74) is 0.511. The molecule has 9 heteroatoms. The van der Waals surface area contributed by atoms with Crippen molar-refractivity contribution >= 4 is 46.7 Å². The summed E-state index contributed by atoms with van der Waals surface area (Å²) in [4.78, 5) is 38.0. The van der Waals surface area contributed by atoms with Gasteiger partial charge in [0.1, 0.15) is 0 Å². The first-order chi connectivity index (χ1) is 13.3. The Hall–Kier alpha value is -1.83. The first kappa shape index (κ1) is 22.5. The van der Waals surface area contributed by atoms with Crippen molar-refractivity contribution in [1.82, 2.24) is 15.5 Å². The zero-order chi connectivity index (χ0) is 20.7. The van der Waals surface area contributed by atoms with Crippen LogP contribution >= 0.6 is 23.2 Å². The Kier molecular flexibility index (Phi) is 8.54. The van der Waals surface area contributed by atoms with Gasteiger partial charge in [-0.1, -0.05) is 42.5 Å². The molecule has 2 rings (SSSR count). The summed E-state index contributed by atoms with van der Waals surface area (Å²) in [7, 11) is 1.64. The molecule has 28 heavy (non-hydrogen) atoms. The number of anilines is 1. The van der Waals surface area contributed by atoms with E-state index in [0.717, 1.165) is 25.7 Å². The Balaban J connectivity index is 1.78. The minimum Gasteiger partial charge on any atom is -0.335 e. The zero-order valence-electron chi connectivity index (χ0n) is 16.1. The van der Waals surface area contributed by atoms with Crippen LogP contribution in [0.4, 0.5) is 10.5 Å². The predicted octanol–water partition coefficient (Wildman–Crippen LogP) is 3.41. The van der Waals surface area contributed by atoms with E-state index in [0.29, 0.717) is 15.7 Å². The van der Waals surface area contributed by atoms with Gasteiger partial charge in [0, 0.05) is 11.7 Å². The van der Waals surface area contributed by atoms with Crippen molar-refractivity contribution in [3.8, 4) is 0 Å². The van der Waals surface area contributed by atoms with Gasteiger partial charge in [0.25, 0.3) is 0 Å². The molecular formula is C19H26Cl2N4O3. The van der Waals surface area contributed by atoms with Crippen molar-refractivity contribution in [1.29, 1.82) is 0 Å². The lowest BCUT2D eigenvalue weighted by molar-refractivity contribution is -0.125. The highest BCUT2D eigenvalue weighted by Gasteiger charge is 2.23. The van der Waals surface area contributed by atoms with Gasteiger partial charge in [-0.25, -0.2) is 4.79 Å². The Bertz CT molecular complexity index is 723. The molecule has 0 aromatic heterocycles. The van der Waals surface area contributed by atoms with Crippen LogP contribution in [0.1, 0.15) is 39.0 Å². The van der Waals surface area contributed by atoms with Crippen LogP contribution in [0.15, 0.2) is 18.2 Å². The van der Waals surface area contributed by atoms with Crippen LogP contribution < -0.4 is 16.0 Å². The molecule has 0 unspecified atom stereocenters. The van der Waals surface area contributed by atoms with Crippen molar-refractivity contribution in [3.63, 3.8) is 0 Å². The number of nitrogens with one attached hydrogen (secondary N) is 3. The third-order valence-corrected chi connectivity index (χ3v) is 5.55. The van der Waals surface area contributed by atoms with Crippen LogP contribution in [-0.4, -0.2) is 48.4 Å². The van der Waals surface area contributed by atoms with Gasteiger partial charge in [-0.2, -0.15) is 0 Å². The van der Waals surface area contributed by atoms with Gasteiger partial charge in [0.2, 0.25) is 11.8 Å². The van der Waals surface area contributed by atoms with E-state index >= 15 is 0 Å². The Morgan fingerprint density at radius 3 is 2.46 bits per heavy atom. The maximum atomic E-state index is 12.3. The molecule has 7 nitrogen and oxygen atoms in total. The van der Waals surface area contributed by atoms with Gasteiger partial charge < -0.3 is 10.6 Å². The molecule has 0 saturated heterocycles. The summed E-state index contributed by atoms with van der Waals surface area (Å²) >= 11 is 11.8. The van der Waals surface area contributed by atoms with Gasteiger partial charge in [-0.05, 0) is 45.0 Å². The van der Waals surface area contributed by atoms with E-state index in [-0.39, 0.29) is 18.5 Å². The number of carbonyl (C=O) groups excluding carboxylic acids is 3. The predicted molar refractivity (Wildman–Crippen MR) is 111 cm³/mol. The number of halogens is 2. The number of rotatable bonds is 6. The molecule has 3 N–H and O–H groups in total. The normalized spacial score (nSPS) is 15.8. The van der Waals surface area contributed by atoms with Crippen LogP contribution in [0.2, 0.25) is 10.0 Å². The van der Waals surface area contributed by atoms with E-state index in [2.05, 4.69) is 16.0 Å². The first-order valence-corrected chi connectivity index (χ1v) is 10.1. The van der Waals surface area contributed by atoms with Gasteiger partial charge in [0.15, 0.2) is 0 Å². The van der Waals surface area contributed by atoms with Gasteiger partial charge in [-0.15, -0.1) is 0 Å². The van der Waals surface area contributed by atoms with Crippen molar-refractivity contribution in [2.24, 2.45) is 0 Å². The molecule has 1 aromatic carbocycles. The highest BCUT2D eigenvalue weighted by atomic mass is 35.5. The second-order valence-electron chi connectivity index (χ2n) is 7.07. The number of hydrogen-bond acceptors (Lipinski definition) is 4. The fourth-order valence-electron chi connectivity index (χ4n) is 3.02. The standard InChI is InChI=1S/C19H26Cl2N4O3/c1-12(18(27)24-19(28)23-13-6-4-3-5-7-13)25(2)11-17(26)22-14-8-9-15(20)16(21)10-14/h8-10,12-13H,3-7,11H2,1-2H3,(H,22,26)(H2,23,24,27,28)/t12-/m0/s1. The summed E-state index contributed by atoms with van der Waals surface area (Å²) in [5.74, 6) is -0.773. The van der Waals surface area contributed by atoms with Crippen LogP contribution in [0.25, 0.3) is 0 Å². The van der Waals surface area contributed by atoms with Crippen molar-refractivity contribution < 1.29 is 14.4 Å². The molecule has 1 aromatic rings. The minimum absolute atomic E-state index is 0.0287. The SMILES string of the molecule is C[C@@H](C(=O)NC(=O)NC1CCCCC1)N(C)CC(=O)Nc1ccc(Cl)c(Cl)c1. The third kappa shape index (κ3) is 6.96. The Morgan fingerprint density at radius 1 is 1.14 bits per heavy atom. The maximum Gasteiger partial charge on any atom is 0.321 e. The monoisotopic (exact) mass is 428 g/mol. The van der Waals surface area contributed by atoms with Crippen LogP contribution in [0.5, 0.6) is 0 Å². The maximum absolute atomic E-state index is 12.3. The first-order valence-electron chi connectivity index (χ1n) is 9.32. The Labute approximate surface area is 175 Å². The van der Waals surface area contributed by atoms with E-state index in [1.807, 2.05) is 0 Å². The van der Waals surface area contributed by atoms with Crippen LogP contribution in [-0.2, 0) is 9.59 Å². The number of hydrogen-bond donors (Lipinski definition) is 3. The van der Waals surface area contributed by atoms with Crippen LogP contribution in [0, 0.1) is 0 Å². The average Bonchev–Trinajstić information content (AvgIpc) is 2.64. The van der Waals surface area contributed by atoms with Crippen molar-refractivity contribution in [2.75, 3.05) is 18.9 Å². The smallest absolute Gasteiger partial charge is 0.321 e. The van der Waals surface area contributed by atoms with Gasteiger partial charge >= 0.3 is 6.03 Å². The number of nitrogens with zero attached hydrogens (tertiary/aromatic N) is 1. The number of amides is 4. The number of imide groups is 1.